The summed E-state index contributed by atoms with van der Waals surface area (Å²) in [5.41, 5.74) is 0.647. The molecule has 0 aromatic carbocycles. The summed E-state index contributed by atoms with van der Waals surface area (Å²) in [5, 5.41) is 2.96. The number of pyridine rings is 1. The van der Waals surface area contributed by atoms with E-state index in [-0.39, 0.29) is 18.0 Å². The second-order valence-corrected chi connectivity index (χ2v) is 4.78. The van der Waals surface area contributed by atoms with Gasteiger partial charge in [0.2, 0.25) is 0 Å². The predicted octanol–water partition coefficient (Wildman–Crippen LogP) is 1.55. The smallest absolute Gasteiger partial charge is 0.170 e. The molecule has 2 heterocycles. The Balaban J connectivity index is 2.28. The zero-order valence-electron chi connectivity index (χ0n) is 11.1. The van der Waals surface area contributed by atoms with Crippen molar-refractivity contribution in [3.63, 3.8) is 0 Å². The van der Waals surface area contributed by atoms with Gasteiger partial charge < -0.3 is 15.0 Å². The lowest BCUT2D eigenvalue weighted by Crippen LogP contribution is -2.48. The van der Waals surface area contributed by atoms with Crippen molar-refractivity contribution in [1.82, 2.24) is 10.3 Å². The van der Waals surface area contributed by atoms with Crippen LogP contribution in [0.4, 0.5) is 10.2 Å². The zero-order chi connectivity index (χ0) is 13.1. The first-order chi connectivity index (χ1) is 8.63. The minimum absolute atomic E-state index is 0.107. The van der Waals surface area contributed by atoms with Crippen LogP contribution in [0.15, 0.2) is 12.3 Å². The number of hydrogen-bond donors (Lipinski definition) is 1. The SMILES string of the molecule is CNCc1ccnc(N2CC(C)OCC2C)c1F. The molecule has 1 aromatic rings. The maximum absolute atomic E-state index is 14.4. The normalized spacial score (nSPS) is 24.3. The molecule has 4 nitrogen and oxygen atoms in total. The number of hydrogen-bond acceptors (Lipinski definition) is 4. The highest BCUT2D eigenvalue weighted by atomic mass is 19.1. The Morgan fingerprint density at radius 3 is 3.06 bits per heavy atom. The number of halogens is 1. The average molecular weight is 253 g/mol. The first-order valence-corrected chi connectivity index (χ1v) is 6.29. The van der Waals surface area contributed by atoms with Gasteiger partial charge in [0.25, 0.3) is 0 Å². The Morgan fingerprint density at radius 2 is 2.33 bits per heavy atom. The molecule has 1 aliphatic heterocycles. The zero-order valence-corrected chi connectivity index (χ0v) is 11.1. The molecule has 2 unspecified atom stereocenters. The maximum Gasteiger partial charge on any atom is 0.170 e. The van der Waals surface area contributed by atoms with E-state index in [4.69, 9.17) is 4.74 Å². The van der Waals surface area contributed by atoms with E-state index < -0.39 is 0 Å². The Bertz CT molecular complexity index is 413. The van der Waals surface area contributed by atoms with Crippen molar-refractivity contribution < 1.29 is 9.13 Å². The molecule has 1 fully saturated rings. The van der Waals surface area contributed by atoms with Crippen molar-refractivity contribution in [2.24, 2.45) is 0 Å². The van der Waals surface area contributed by atoms with E-state index in [1.165, 1.54) is 0 Å². The van der Waals surface area contributed by atoms with Crippen LogP contribution in [0, 0.1) is 5.82 Å². The van der Waals surface area contributed by atoms with Crippen LogP contribution in [-0.2, 0) is 11.3 Å². The number of rotatable bonds is 3. The summed E-state index contributed by atoms with van der Waals surface area (Å²) in [6.07, 6.45) is 1.77. The van der Waals surface area contributed by atoms with Gasteiger partial charge in [-0.05, 0) is 27.0 Å². The number of morpholine rings is 1. The highest BCUT2D eigenvalue weighted by molar-refractivity contribution is 5.44. The van der Waals surface area contributed by atoms with Crippen molar-refractivity contribution in [3.8, 4) is 0 Å². The van der Waals surface area contributed by atoms with Crippen molar-refractivity contribution >= 4 is 5.82 Å². The van der Waals surface area contributed by atoms with E-state index in [1.807, 2.05) is 18.7 Å². The molecule has 0 saturated carbocycles. The van der Waals surface area contributed by atoms with Gasteiger partial charge in [0, 0.05) is 24.8 Å². The van der Waals surface area contributed by atoms with E-state index in [9.17, 15) is 4.39 Å². The second kappa shape index (κ2) is 5.63. The van der Waals surface area contributed by atoms with Gasteiger partial charge in [-0.2, -0.15) is 0 Å². The summed E-state index contributed by atoms with van der Waals surface area (Å²) in [7, 11) is 1.80. The highest BCUT2D eigenvalue weighted by Gasteiger charge is 2.27. The molecule has 0 spiro atoms. The van der Waals surface area contributed by atoms with Crippen LogP contribution >= 0.6 is 0 Å². The van der Waals surface area contributed by atoms with Gasteiger partial charge in [0.1, 0.15) is 0 Å². The van der Waals surface area contributed by atoms with E-state index in [2.05, 4.69) is 10.3 Å². The summed E-state index contributed by atoms with van der Waals surface area (Å²) >= 11 is 0. The summed E-state index contributed by atoms with van der Waals surface area (Å²) in [4.78, 5) is 6.19. The third-order valence-corrected chi connectivity index (χ3v) is 3.20. The van der Waals surface area contributed by atoms with Crippen LogP contribution in [0.1, 0.15) is 19.4 Å². The molecular weight excluding hydrogens is 233 g/mol. The van der Waals surface area contributed by atoms with Crippen LogP contribution in [0.3, 0.4) is 0 Å². The lowest BCUT2D eigenvalue weighted by molar-refractivity contribution is 0.0337. The summed E-state index contributed by atoms with van der Waals surface area (Å²) in [5.74, 6) is 0.207. The fourth-order valence-corrected chi connectivity index (χ4v) is 2.20. The topological polar surface area (TPSA) is 37.4 Å². The molecule has 1 aromatic heterocycles. The van der Waals surface area contributed by atoms with Crippen molar-refractivity contribution in [1.29, 1.82) is 0 Å². The number of anilines is 1. The van der Waals surface area contributed by atoms with Crippen LogP contribution in [0.2, 0.25) is 0 Å². The third-order valence-electron chi connectivity index (χ3n) is 3.20. The maximum atomic E-state index is 14.4. The van der Waals surface area contributed by atoms with Crippen LogP contribution in [-0.4, -0.2) is 37.3 Å². The summed E-state index contributed by atoms with van der Waals surface area (Å²) < 4.78 is 19.9. The van der Waals surface area contributed by atoms with Gasteiger partial charge >= 0.3 is 0 Å². The molecule has 1 saturated heterocycles. The number of ether oxygens (including phenoxy) is 1. The predicted molar refractivity (Wildman–Crippen MR) is 69.2 cm³/mol. The number of nitrogens with one attached hydrogen (secondary N) is 1. The van der Waals surface area contributed by atoms with E-state index in [1.54, 1.807) is 19.3 Å². The molecule has 2 atom stereocenters. The fourth-order valence-electron chi connectivity index (χ4n) is 2.20. The Morgan fingerprint density at radius 1 is 1.56 bits per heavy atom. The quantitative estimate of drug-likeness (QED) is 0.887. The van der Waals surface area contributed by atoms with Crippen molar-refractivity contribution in [2.75, 3.05) is 25.1 Å². The van der Waals surface area contributed by atoms with Crippen LogP contribution in [0.25, 0.3) is 0 Å². The standard InChI is InChI=1S/C13H20FN3O/c1-9-8-18-10(2)7-17(9)13-12(14)11(6-15-3)4-5-16-13/h4-5,9-10,15H,6-8H2,1-3H3. The molecule has 0 radical (unpaired) electrons. The third kappa shape index (κ3) is 2.62. The van der Waals surface area contributed by atoms with Gasteiger partial charge in [-0.25, -0.2) is 9.37 Å². The molecule has 18 heavy (non-hydrogen) atoms. The minimum Gasteiger partial charge on any atom is -0.375 e. The molecule has 0 bridgehead atoms. The highest BCUT2D eigenvalue weighted by Crippen LogP contribution is 2.24. The monoisotopic (exact) mass is 253 g/mol. The van der Waals surface area contributed by atoms with E-state index in [0.717, 1.165) is 0 Å². The van der Waals surface area contributed by atoms with Gasteiger partial charge in [0.15, 0.2) is 11.6 Å². The molecule has 0 aliphatic carbocycles. The van der Waals surface area contributed by atoms with E-state index >= 15 is 0 Å². The lowest BCUT2D eigenvalue weighted by atomic mass is 10.1. The Kier molecular flexibility index (Phi) is 4.14. The summed E-state index contributed by atoms with van der Waals surface area (Å²) in [6.45, 7) is 5.81. The number of nitrogens with zero attached hydrogens (tertiary/aromatic N) is 2. The van der Waals surface area contributed by atoms with E-state index in [0.29, 0.717) is 31.1 Å². The number of aromatic nitrogens is 1. The lowest BCUT2D eigenvalue weighted by Gasteiger charge is -2.37. The molecule has 2 rings (SSSR count). The largest absolute Gasteiger partial charge is 0.375 e. The van der Waals surface area contributed by atoms with Crippen LogP contribution in [0.5, 0.6) is 0 Å². The first kappa shape index (κ1) is 13.2. The average Bonchev–Trinajstić information content (AvgIpc) is 2.35. The van der Waals surface area contributed by atoms with Gasteiger partial charge in [-0.3, -0.25) is 0 Å². The Hall–Kier alpha value is -1.20. The van der Waals surface area contributed by atoms with Crippen molar-refractivity contribution in [3.05, 3.63) is 23.6 Å². The summed E-state index contributed by atoms with van der Waals surface area (Å²) in [6, 6.07) is 1.86. The molecule has 100 valence electrons. The molecule has 5 heteroatoms. The van der Waals surface area contributed by atoms with Gasteiger partial charge in [-0.1, -0.05) is 0 Å². The van der Waals surface area contributed by atoms with Crippen molar-refractivity contribution in [2.45, 2.75) is 32.5 Å². The molecule has 0 amide bonds. The van der Waals surface area contributed by atoms with Gasteiger partial charge in [-0.15, -0.1) is 0 Å². The van der Waals surface area contributed by atoms with Crippen LogP contribution < -0.4 is 10.2 Å². The fraction of sp³-hybridized carbons (Fsp3) is 0.615. The molecular formula is C13H20FN3O. The van der Waals surface area contributed by atoms with Gasteiger partial charge in [0.05, 0.1) is 18.8 Å². The second-order valence-electron chi connectivity index (χ2n) is 4.78. The Labute approximate surface area is 107 Å². The molecule has 1 N–H and O–H groups in total. The minimum atomic E-state index is -0.229. The first-order valence-electron chi connectivity index (χ1n) is 6.29. The molecule has 1 aliphatic rings.